The van der Waals surface area contributed by atoms with Crippen LogP contribution in [0, 0.1) is 5.92 Å². The van der Waals surface area contributed by atoms with Gasteiger partial charge in [0.2, 0.25) is 0 Å². The second-order valence-electron chi connectivity index (χ2n) is 6.27. The molecular formula is C20H24N2O. The molecule has 2 N–H and O–H groups in total. The zero-order chi connectivity index (χ0) is 16.2. The van der Waals surface area contributed by atoms with Crippen molar-refractivity contribution in [2.45, 2.75) is 19.3 Å². The summed E-state index contributed by atoms with van der Waals surface area (Å²) in [4.78, 5) is 14.7. The summed E-state index contributed by atoms with van der Waals surface area (Å²) < 4.78 is 0. The van der Waals surface area contributed by atoms with Gasteiger partial charge in [-0.2, -0.15) is 0 Å². The van der Waals surface area contributed by atoms with Crippen LogP contribution in [0.4, 0.5) is 0 Å². The van der Waals surface area contributed by atoms with Gasteiger partial charge in [0.25, 0.3) is 5.91 Å². The standard InChI is InChI=1S/C20H24N2O/c1-2-15-8-10-17(11-9-15)20(23)22-13-18(12-21)19(14-22)16-6-4-3-5-7-16/h3-11,18-19H,2,12-14,21H2,1H3/t18-,19+/m1/s1. The lowest BCUT2D eigenvalue weighted by Crippen LogP contribution is -2.29. The van der Waals surface area contributed by atoms with Crippen LogP contribution in [0.25, 0.3) is 0 Å². The summed E-state index contributed by atoms with van der Waals surface area (Å²) in [6.07, 6.45) is 0.990. The summed E-state index contributed by atoms with van der Waals surface area (Å²) in [6, 6.07) is 18.4. The van der Waals surface area contributed by atoms with E-state index in [1.165, 1.54) is 11.1 Å². The number of nitrogens with two attached hydrogens (primary N) is 1. The largest absolute Gasteiger partial charge is 0.338 e. The van der Waals surface area contributed by atoms with Crippen LogP contribution in [0.3, 0.4) is 0 Å². The van der Waals surface area contributed by atoms with Crippen molar-refractivity contribution >= 4 is 5.91 Å². The van der Waals surface area contributed by atoms with Crippen LogP contribution >= 0.6 is 0 Å². The number of carbonyl (C=O) groups excluding carboxylic acids is 1. The molecule has 1 amide bonds. The zero-order valence-corrected chi connectivity index (χ0v) is 13.6. The van der Waals surface area contributed by atoms with Crippen LogP contribution in [-0.4, -0.2) is 30.4 Å². The average molecular weight is 308 g/mol. The van der Waals surface area contributed by atoms with Crippen molar-refractivity contribution in [3.05, 3.63) is 71.3 Å². The Morgan fingerprint density at radius 2 is 1.78 bits per heavy atom. The first kappa shape index (κ1) is 15.8. The normalized spacial score (nSPS) is 20.7. The molecule has 2 aromatic carbocycles. The maximum atomic E-state index is 12.8. The van der Waals surface area contributed by atoms with E-state index in [1.54, 1.807) is 0 Å². The Morgan fingerprint density at radius 1 is 1.09 bits per heavy atom. The third kappa shape index (κ3) is 3.30. The molecule has 2 atom stereocenters. The zero-order valence-electron chi connectivity index (χ0n) is 13.6. The second kappa shape index (κ2) is 6.97. The summed E-state index contributed by atoms with van der Waals surface area (Å²) in [6.45, 7) is 4.22. The number of aryl methyl sites for hydroxylation is 1. The van der Waals surface area contributed by atoms with E-state index in [9.17, 15) is 4.79 Å². The van der Waals surface area contributed by atoms with Crippen molar-refractivity contribution in [3.8, 4) is 0 Å². The lowest BCUT2D eigenvalue weighted by molar-refractivity contribution is 0.0786. The van der Waals surface area contributed by atoms with Gasteiger partial charge in [0.15, 0.2) is 0 Å². The van der Waals surface area contributed by atoms with E-state index in [1.807, 2.05) is 35.2 Å². The van der Waals surface area contributed by atoms with E-state index in [-0.39, 0.29) is 5.91 Å². The maximum Gasteiger partial charge on any atom is 0.253 e. The van der Waals surface area contributed by atoms with Crippen LogP contribution < -0.4 is 5.73 Å². The first-order chi connectivity index (χ1) is 11.2. The molecule has 0 saturated carbocycles. The number of hydrogen-bond donors (Lipinski definition) is 1. The van der Waals surface area contributed by atoms with E-state index in [4.69, 9.17) is 5.73 Å². The number of likely N-dealkylation sites (tertiary alicyclic amines) is 1. The van der Waals surface area contributed by atoms with Crippen molar-refractivity contribution in [3.63, 3.8) is 0 Å². The first-order valence-electron chi connectivity index (χ1n) is 8.36. The smallest absolute Gasteiger partial charge is 0.253 e. The van der Waals surface area contributed by atoms with Gasteiger partial charge in [-0.05, 0) is 42.1 Å². The summed E-state index contributed by atoms with van der Waals surface area (Å²) in [5, 5.41) is 0. The van der Waals surface area contributed by atoms with Gasteiger partial charge < -0.3 is 10.6 Å². The molecule has 0 bridgehead atoms. The summed E-state index contributed by atoms with van der Waals surface area (Å²) in [5.74, 6) is 0.779. The molecule has 1 fully saturated rings. The summed E-state index contributed by atoms with van der Waals surface area (Å²) >= 11 is 0. The summed E-state index contributed by atoms with van der Waals surface area (Å²) in [5.41, 5.74) is 9.26. The molecule has 0 aromatic heterocycles. The van der Waals surface area contributed by atoms with Crippen LogP contribution in [-0.2, 0) is 6.42 Å². The van der Waals surface area contributed by atoms with Gasteiger partial charge in [-0.3, -0.25) is 4.79 Å². The van der Waals surface area contributed by atoms with Crippen molar-refractivity contribution in [1.29, 1.82) is 0 Å². The minimum atomic E-state index is 0.115. The number of hydrogen-bond acceptors (Lipinski definition) is 2. The highest BCUT2D eigenvalue weighted by atomic mass is 16.2. The van der Waals surface area contributed by atoms with Crippen molar-refractivity contribution < 1.29 is 4.79 Å². The highest BCUT2D eigenvalue weighted by Crippen LogP contribution is 2.32. The molecule has 120 valence electrons. The molecule has 0 unspecified atom stereocenters. The second-order valence-corrected chi connectivity index (χ2v) is 6.27. The molecular weight excluding hydrogens is 284 g/mol. The third-order valence-corrected chi connectivity index (χ3v) is 4.87. The van der Waals surface area contributed by atoms with Crippen molar-refractivity contribution in [2.75, 3.05) is 19.6 Å². The molecule has 3 heteroatoms. The Morgan fingerprint density at radius 3 is 2.39 bits per heavy atom. The number of benzene rings is 2. The van der Waals surface area contributed by atoms with Crippen molar-refractivity contribution in [1.82, 2.24) is 4.90 Å². The highest BCUT2D eigenvalue weighted by Gasteiger charge is 2.35. The predicted molar refractivity (Wildman–Crippen MR) is 93.5 cm³/mol. The van der Waals surface area contributed by atoms with E-state index >= 15 is 0 Å². The van der Waals surface area contributed by atoms with Gasteiger partial charge in [0, 0.05) is 24.6 Å². The number of amides is 1. The summed E-state index contributed by atoms with van der Waals surface area (Å²) in [7, 11) is 0. The van der Waals surface area contributed by atoms with Gasteiger partial charge in [-0.25, -0.2) is 0 Å². The lowest BCUT2D eigenvalue weighted by atomic mass is 9.89. The average Bonchev–Trinajstić information content (AvgIpc) is 3.06. The number of rotatable bonds is 4. The van der Waals surface area contributed by atoms with Gasteiger partial charge in [-0.15, -0.1) is 0 Å². The highest BCUT2D eigenvalue weighted by molar-refractivity contribution is 5.94. The fourth-order valence-corrected chi connectivity index (χ4v) is 3.42. The van der Waals surface area contributed by atoms with E-state index in [2.05, 4.69) is 31.2 Å². The monoisotopic (exact) mass is 308 g/mol. The molecule has 0 aliphatic carbocycles. The van der Waals surface area contributed by atoms with Crippen LogP contribution in [0.15, 0.2) is 54.6 Å². The fourth-order valence-electron chi connectivity index (χ4n) is 3.42. The van der Waals surface area contributed by atoms with Gasteiger partial charge in [0.05, 0.1) is 0 Å². The Kier molecular flexibility index (Phi) is 4.77. The topological polar surface area (TPSA) is 46.3 Å². The molecule has 0 spiro atoms. The number of carbonyl (C=O) groups is 1. The van der Waals surface area contributed by atoms with Gasteiger partial charge in [-0.1, -0.05) is 49.4 Å². The molecule has 23 heavy (non-hydrogen) atoms. The quantitative estimate of drug-likeness (QED) is 0.943. The van der Waals surface area contributed by atoms with Crippen LogP contribution in [0.5, 0.6) is 0 Å². The maximum absolute atomic E-state index is 12.8. The van der Waals surface area contributed by atoms with Crippen LogP contribution in [0.2, 0.25) is 0 Å². The Balaban J connectivity index is 1.77. The molecule has 3 rings (SSSR count). The molecule has 3 nitrogen and oxygen atoms in total. The minimum Gasteiger partial charge on any atom is -0.338 e. The molecule has 1 aliphatic heterocycles. The SMILES string of the molecule is CCc1ccc(C(=O)N2C[C@@H](CN)[C@H](c3ccccc3)C2)cc1. The van der Waals surface area contributed by atoms with Crippen LogP contribution in [0.1, 0.15) is 34.3 Å². The van der Waals surface area contributed by atoms with Gasteiger partial charge >= 0.3 is 0 Å². The Hall–Kier alpha value is -2.13. The molecule has 1 saturated heterocycles. The molecule has 1 heterocycles. The van der Waals surface area contributed by atoms with E-state index in [0.717, 1.165) is 25.1 Å². The molecule has 0 radical (unpaired) electrons. The lowest BCUT2D eigenvalue weighted by Gasteiger charge is -2.17. The third-order valence-electron chi connectivity index (χ3n) is 4.87. The number of nitrogens with zero attached hydrogens (tertiary/aromatic N) is 1. The predicted octanol–water partition coefficient (Wildman–Crippen LogP) is 3.06. The van der Waals surface area contributed by atoms with E-state index < -0.39 is 0 Å². The molecule has 1 aliphatic rings. The Bertz CT molecular complexity index is 651. The minimum absolute atomic E-state index is 0.115. The van der Waals surface area contributed by atoms with Crippen molar-refractivity contribution in [2.24, 2.45) is 11.7 Å². The first-order valence-corrected chi connectivity index (χ1v) is 8.36. The fraction of sp³-hybridized carbons (Fsp3) is 0.350. The Labute approximate surface area is 138 Å². The van der Waals surface area contributed by atoms with E-state index in [0.29, 0.717) is 18.4 Å². The molecule has 2 aromatic rings. The van der Waals surface area contributed by atoms with Gasteiger partial charge in [0.1, 0.15) is 0 Å².